The number of β-amino-alcohol motifs (C(OH)–C–C–N with tert-alkyl or cyclic N) is 1. The number of anilines is 3. The highest BCUT2D eigenvalue weighted by Gasteiger charge is 2.16. The molecule has 4 aromatic rings. The molecule has 3 N–H and O–H groups in total. The third-order valence-corrected chi connectivity index (χ3v) is 6.01. The van der Waals surface area contributed by atoms with Crippen molar-refractivity contribution in [2.75, 3.05) is 49.5 Å². The van der Waals surface area contributed by atoms with Crippen LogP contribution in [0.1, 0.15) is 11.1 Å². The molecule has 0 radical (unpaired) electrons. The van der Waals surface area contributed by atoms with Crippen molar-refractivity contribution in [3.8, 4) is 0 Å². The van der Waals surface area contributed by atoms with Crippen LogP contribution in [0.2, 0.25) is 0 Å². The summed E-state index contributed by atoms with van der Waals surface area (Å²) in [6, 6.07) is 16.7. The van der Waals surface area contributed by atoms with E-state index in [1.165, 1.54) is 11.1 Å². The highest BCUT2D eigenvalue weighted by molar-refractivity contribution is 5.91. The Morgan fingerprint density at radius 1 is 0.970 bits per heavy atom. The van der Waals surface area contributed by atoms with Gasteiger partial charge in [-0.3, -0.25) is 4.90 Å². The van der Waals surface area contributed by atoms with Crippen LogP contribution in [0.15, 0.2) is 67.1 Å². The van der Waals surface area contributed by atoms with Crippen molar-refractivity contribution < 1.29 is 5.11 Å². The minimum Gasteiger partial charge on any atom is -0.395 e. The lowest BCUT2D eigenvalue weighted by Crippen LogP contribution is -2.47. The molecule has 3 heterocycles. The summed E-state index contributed by atoms with van der Waals surface area (Å²) in [4.78, 5) is 16.9. The SMILES string of the molecule is OCCN1CCN(c2cccc(Nc3ncc(C=Cc4cccc5[nH]ccc45)cn3)c2)CC1. The number of aliphatic hydroxyl groups is 1. The Hall–Kier alpha value is -3.68. The van der Waals surface area contributed by atoms with Gasteiger partial charge in [0.15, 0.2) is 0 Å². The molecule has 0 saturated carbocycles. The number of hydrogen-bond acceptors (Lipinski definition) is 6. The van der Waals surface area contributed by atoms with E-state index in [-0.39, 0.29) is 6.61 Å². The van der Waals surface area contributed by atoms with E-state index in [0.717, 1.165) is 55.1 Å². The van der Waals surface area contributed by atoms with Gasteiger partial charge in [0.1, 0.15) is 0 Å². The van der Waals surface area contributed by atoms with E-state index in [2.05, 4.69) is 72.5 Å². The molecule has 1 aliphatic rings. The second-order valence-electron chi connectivity index (χ2n) is 8.19. The number of nitrogens with one attached hydrogen (secondary N) is 2. The largest absolute Gasteiger partial charge is 0.395 e. The molecule has 168 valence electrons. The van der Waals surface area contributed by atoms with E-state index >= 15 is 0 Å². The molecule has 2 aromatic heterocycles. The molecule has 0 unspecified atom stereocenters. The van der Waals surface area contributed by atoms with Gasteiger partial charge in [0.25, 0.3) is 0 Å². The van der Waals surface area contributed by atoms with Crippen LogP contribution < -0.4 is 10.2 Å². The van der Waals surface area contributed by atoms with Gasteiger partial charge in [-0.05, 0) is 35.9 Å². The van der Waals surface area contributed by atoms with Crippen LogP contribution in [-0.4, -0.2) is 64.3 Å². The molecule has 0 atom stereocenters. The number of piperazine rings is 1. The molecule has 1 fully saturated rings. The molecule has 1 aliphatic heterocycles. The second-order valence-corrected chi connectivity index (χ2v) is 8.19. The fourth-order valence-electron chi connectivity index (χ4n) is 4.21. The Kier molecular flexibility index (Phi) is 6.32. The summed E-state index contributed by atoms with van der Waals surface area (Å²) < 4.78 is 0. The van der Waals surface area contributed by atoms with Gasteiger partial charge in [0.05, 0.1) is 6.61 Å². The maximum absolute atomic E-state index is 9.13. The number of nitrogens with zero attached hydrogens (tertiary/aromatic N) is 4. The zero-order valence-corrected chi connectivity index (χ0v) is 18.5. The first-order chi connectivity index (χ1) is 16.3. The van der Waals surface area contributed by atoms with Crippen LogP contribution in [0.3, 0.4) is 0 Å². The summed E-state index contributed by atoms with van der Waals surface area (Å²) in [5.41, 5.74) is 5.38. The first-order valence-corrected chi connectivity index (χ1v) is 11.3. The van der Waals surface area contributed by atoms with E-state index in [1.54, 1.807) is 0 Å². The maximum Gasteiger partial charge on any atom is 0.227 e. The maximum atomic E-state index is 9.13. The smallest absolute Gasteiger partial charge is 0.227 e. The Bertz CT molecular complexity index is 1230. The second kappa shape index (κ2) is 9.85. The van der Waals surface area contributed by atoms with Gasteiger partial charge < -0.3 is 20.3 Å². The summed E-state index contributed by atoms with van der Waals surface area (Å²) >= 11 is 0. The van der Waals surface area contributed by atoms with Crippen LogP contribution in [0, 0.1) is 0 Å². The molecule has 1 saturated heterocycles. The summed E-state index contributed by atoms with van der Waals surface area (Å²) in [5, 5.41) is 13.6. The number of aliphatic hydroxyl groups excluding tert-OH is 1. The molecule has 33 heavy (non-hydrogen) atoms. The average molecular weight is 441 g/mol. The van der Waals surface area contributed by atoms with Crippen LogP contribution in [0.25, 0.3) is 23.1 Å². The number of rotatable bonds is 7. The normalized spacial score (nSPS) is 14.9. The summed E-state index contributed by atoms with van der Waals surface area (Å²) in [6.07, 6.45) is 9.73. The number of H-pyrrole nitrogens is 1. The van der Waals surface area contributed by atoms with Crippen molar-refractivity contribution in [1.29, 1.82) is 0 Å². The van der Waals surface area contributed by atoms with E-state index in [1.807, 2.05) is 36.8 Å². The van der Waals surface area contributed by atoms with Gasteiger partial charge in [-0.25, -0.2) is 9.97 Å². The Balaban J connectivity index is 1.23. The monoisotopic (exact) mass is 440 g/mol. The number of aromatic nitrogens is 3. The predicted octanol–water partition coefficient (Wildman–Crippen LogP) is 3.99. The molecule has 0 amide bonds. The van der Waals surface area contributed by atoms with Gasteiger partial charge in [0.2, 0.25) is 5.95 Å². The Morgan fingerprint density at radius 2 is 1.79 bits per heavy atom. The van der Waals surface area contributed by atoms with Crippen LogP contribution in [0.4, 0.5) is 17.3 Å². The molecular formula is C26H28N6O. The molecule has 0 aliphatic carbocycles. The zero-order valence-electron chi connectivity index (χ0n) is 18.5. The highest BCUT2D eigenvalue weighted by atomic mass is 16.3. The quantitative estimate of drug-likeness (QED) is 0.403. The molecular weight excluding hydrogens is 412 g/mol. The molecule has 0 bridgehead atoms. The van der Waals surface area contributed by atoms with E-state index in [0.29, 0.717) is 5.95 Å². The van der Waals surface area contributed by atoms with Gasteiger partial charge in [-0.1, -0.05) is 30.4 Å². The fraction of sp³-hybridized carbons (Fsp3) is 0.231. The van der Waals surface area contributed by atoms with Crippen LogP contribution >= 0.6 is 0 Å². The van der Waals surface area contributed by atoms with Crippen molar-refractivity contribution in [2.24, 2.45) is 0 Å². The Labute approximate surface area is 193 Å². The van der Waals surface area contributed by atoms with Crippen molar-refractivity contribution in [3.63, 3.8) is 0 Å². The minimum atomic E-state index is 0.219. The van der Waals surface area contributed by atoms with Crippen LogP contribution in [-0.2, 0) is 0 Å². The molecule has 7 heteroatoms. The van der Waals surface area contributed by atoms with E-state index < -0.39 is 0 Å². The summed E-state index contributed by atoms with van der Waals surface area (Å²) in [5.74, 6) is 0.574. The zero-order chi connectivity index (χ0) is 22.5. The standard InChI is InChI=1S/C26H28N6O/c33-16-15-31-11-13-32(14-12-31)23-5-2-4-22(17-23)30-26-28-18-20(19-29-26)7-8-21-3-1-6-25-24(21)9-10-27-25/h1-10,17-19,27,33H,11-16H2,(H,28,29,30). The first kappa shape index (κ1) is 21.2. The van der Waals surface area contributed by atoms with Crippen molar-refractivity contribution in [1.82, 2.24) is 19.9 Å². The number of fused-ring (bicyclic) bond motifs is 1. The van der Waals surface area contributed by atoms with Crippen molar-refractivity contribution >= 4 is 40.4 Å². The minimum absolute atomic E-state index is 0.219. The predicted molar refractivity (Wildman–Crippen MR) is 135 cm³/mol. The van der Waals surface area contributed by atoms with Crippen molar-refractivity contribution in [3.05, 3.63) is 78.2 Å². The third-order valence-electron chi connectivity index (χ3n) is 6.01. The third kappa shape index (κ3) is 5.05. The average Bonchev–Trinajstić information content (AvgIpc) is 3.34. The number of hydrogen-bond donors (Lipinski definition) is 3. The molecule has 0 spiro atoms. The van der Waals surface area contributed by atoms with Gasteiger partial charge in [-0.2, -0.15) is 0 Å². The van der Waals surface area contributed by atoms with Gasteiger partial charge in [0, 0.05) is 79.2 Å². The lowest BCUT2D eigenvalue weighted by atomic mass is 10.1. The van der Waals surface area contributed by atoms with Gasteiger partial charge in [-0.15, -0.1) is 0 Å². The summed E-state index contributed by atoms with van der Waals surface area (Å²) in [7, 11) is 0. The highest BCUT2D eigenvalue weighted by Crippen LogP contribution is 2.23. The molecule has 5 rings (SSSR count). The van der Waals surface area contributed by atoms with E-state index in [9.17, 15) is 0 Å². The lowest BCUT2D eigenvalue weighted by Gasteiger charge is -2.35. The van der Waals surface area contributed by atoms with Gasteiger partial charge >= 0.3 is 0 Å². The lowest BCUT2D eigenvalue weighted by molar-refractivity contribution is 0.189. The number of benzene rings is 2. The first-order valence-electron chi connectivity index (χ1n) is 11.3. The molecule has 2 aromatic carbocycles. The Morgan fingerprint density at radius 3 is 2.61 bits per heavy atom. The van der Waals surface area contributed by atoms with E-state index in [4.69, 9.17) is 5.11 Å². The number of aromatic amines is 1. The fourth-order valence-corrected chi connectivity index (χ4v) is 4.21. The van der Waals surface area contributed by atoms with Crippen molar-refractivity contribution in [2.45, 2.75) is 0 Å². The summed E-state index contributed by atoms with van der Waals surface area (Å²) in [6.45, 7) is 4.81. The molecule has 7 nitrogen and oxygen atoms in total. The topological polar surface area (TPSA) is 80.3 Å². The van der Waals surface area contributed by atoms with Crippen LogP contribution in [0.5, 0.6) is 0 Å².